The second-order valence-corrected chi connectivity index (χ2v) is 36.4. The number of thioether (sulfide) groups is 2. The van der Waals surface area contributed by atoms with Gasteiger partial charge in [0.05, 0.1) is 54.2 Å². The standard InChI is InChI=1S/C42H45FN4O2SSi.C26H27FN4O2S.C25H24FN5O.18K.2H/c1-30-25-32(17-22-38(30)46-28-31(2)45-29-46)26-34-27-44-41(50-6)47(40(34)48)39(33-18-20-35(43)21-19-33)23-24-49-51(42(3,4)5,36-13-9-7-10-14-36)37-15-11-8-12-16-37;1-17-12-19(4-9-23(17)30-15-18(2)29-16-30)13-21-14-28-26(34-3)31(25(21)33)24(10-11-32)20-5-7-22(27)8-6-20;1-16-11-18(3-8-22(16)30-14-17(2)29-15-30)12-20-13-28-25-27-10-9-23(31(25)24(20)32)19-4-6-21(26)7-5-19;;;;;;;;;;;;;;;;;;;;/h7-22,25,27-29,39H,23-24,26H2,1-6H3;4-9,12,14-16,24,32H,10-11,13H2,1-3H3;3-8,11,13-15,23H,9-10,12H2,1-2H3,(H,27,28);;;;;;;;;;;;;;;;;;;;/q;;;;;;;;;;;;;;;;;;;2*+1;2*-1/t39-;24-;23-;;;;;;;;;;;;;;;;;;;;/m111..................../s1. The van der Waals surface area contributed by atoms with Gasteiger partial charge in [0, 0.05) is 110 Å². The number of aliphatic hydroxyl groups is 1. The number of anilines is 1. The SMILES string of the molecule is CSc1ncc(Cc2ccc(-n3cnc(C)c3)c(C)c2)c(=O)n1[C@H](CCO)c1ccc(F)cc1.CSc1ncc(Cc2ccc(-n3cnc(C)c3)c(C)c2)c(=O)n1[C@H](CCO[Si](c1ccccc1)(c1ccccc1)C(C)(C)C)c1ccc(F)cc1.Cc1cn(-c2ccc(Cc3cnc4n(c3=O)[C@@H](c3ccc(F)cc3)CCN4)cc2C)cn1.[H-].[H-].[K+].[K+].[K][K].[K][K].[K][K].[K][K].[K][K].[K][K].[K][K].[K][K]. The zero-order valence-electron chi connectivity index (χ0n) is 87.6. The molecule has 18 nitrogen and oxygen atoms in total. The van der Waals surface area contributed by atoms with Gasteiger partial charge < -0.3 is 31.4 Å². The first-order valence-corrected chi connectivity index (χ1v) is 179. The number of nitrogens with one attached hydrogen (secondary N) is 1. The Bertz CT molecular complexity index is 6020. The fourth-order valence-electron chi connectivity index (χ4n) is 15.7. The summed E-state index contributed by atoms with van der Waals surface area (Å²) >= 11 is 22.8. The number of aryl methyl sites for hydroxylation is 6. The van der Waals surface area contributed by atoms with Crippen molar-refractivity contribution in [3.63, 3.8) is 0 Å². The number of aliphatic hydroxyl groups excluding tert-OH is 1. The van der Waals surface area contributed by atoms with E-state index in [0.717, 1.165) is 90.6 Å². The van der Waals surface area contributed by atoms with Gasteiger partial charge in [-0.1, -0.05) is 178 Å². The van der Waals surface area contributed by atoms with Gasteiger partial charge in [0.2, 0.25) is 5.95 Å². The third-order valence-electron chi connectivity index (χ3n) is 21.4. The third kappa shape index (κ3) is 46.9. The Labute approximate surface area is 1260 Å². The molecule has 0 saturated heterocycles. The van der Waals surface area contributed by atoms with E-state index in [1.54, 1.807) is 81.3 Å². The van der Waals surface area contributed by atoms with Crippen LogP contribution in [0.25, 0.3) is 17.1 Å². The molecule has 6 aromatic heterocycles. The molecule has 620 valence electrons. The molecular formula is C93H98F3K18N13O5S2Si. The molecule has 0 bridgehead atoms. The number of halogens is 3. The number of nitrogens with zero attached hydrogens (tertiary/aromatic N) is 12. The fourth-order valence-corrected chi connectivity index (χ4v) is 21.4. The number of imidazole rings is 3. The van der Waals surface area contributed by atoms with Crippen LogP contribution >= 0.6 is 23.5 Å². The van der Waals surface area contributed by atoms with Crippen molar-refractivity contribution in [2.75, 3.05) is 37.6 Å². The van der Waals surface area contributed by atoms with Crippen LogP contribution in [-0.2, 0) is 23.7 Å². The average molecular weight is 2330 g/mol. The van der Waals surface area contributed by atoms with Crippen LogP contribution in [0.1, 0.15) is 145 Å². The molecule has 0 fully saturated rings. The normalized spacial score (nSPS) is 11.9. The minimum absolute atomic E-state index is 0. The monoisotopic (exact) mass is 2330 g/mol. The van der Waals surface area contributed by atoms with Crippen LogP contribution in [0.5, 0.6) is 0 Å². The summed E-state index contributed by atoms with van der Waals surface area (Å²) in [5.41, 5.74) is 16.3. The van der Waals surface area contributed by atoms with Crippen molar-refractivity contribution in [1.29, 1.82) is 0 Å². The topological polar surface area (TPSA) is 200 Å². The fraction of sp³-hybridized carbons (Fsp3) is 0.258. The number of hydrogen-bond donors (Lipinski definition) is 2. The Kier molecular flexibility index (Phi) is 91.5. The number of rotatable bonds is 24. The Morgan fingerprint density at radius 2 is 0.793 bits per heavy atom. The molecule has 0 aliphatic carbocycles. The van der Waals surface area contributed by atoms with Crippen molar-refractivity contribution in [3.8, 4) is 17.1 Å². The second kappa shape index (κ2) is 84.0. The van der Waals surface area contributed by atoms with Gasteiger partial charge in [-0.25, -0.2) is 43.1 Å². The molecule has 0 spiro atoms. The molecule has 135 heavy (non-hydrogen) atoms. The maximum atomic E-state index is 14.6. The molecule has 7 heterocycles. The van der Waals surface area contributed by atoms with Crippen LogP contribution < -0.4 is 135 Å². The summed E-state index contributed by atoms with van der Waals surface area (Å²) in [6, 6.07) is 57.4. The quantitative estimate of drug-likeness (QED) is 0.0473. The van der Waals surface area contributed by atoms with Crippen LogP contribution in [0.3, 0.4) is 0 Å². The van der Waals surface area contributed by atoms with Crippen molar-refractivity contribution in [2.24, 2.45) is 0 Å². The van der Waals surface area contributed by atoms with Gasteiger partial charge >= 0.3 is 608 Å². The van der Waals surface area contributed by atoms with Crippen molar-refractivity contribution >= 4 is 553 Å². The first-order valence-electron chi connectivity index (χ1n) is 47.0. The predicted octanol–water partition coefficient (Wildman–Crippen LogP) is 4.84. The Hall–Kier alpha value is 17.9. The summed E-state index contributed by atoms with van der Waals surface area (Å²) in [5, 5.41) is 16.3. The van der Waals surface area contributed by atoms with E-state index in [0.29, 0.717) is 78.2 Å². The molecule has 1 aliphatic heterocycles. The predicted molar refractivity (Wildman–Crippen MR) is 557 cm³/mol. The molecule has 1 aliphatic rings. The maximum absolute atomic E-state index is 14.6. The number of hydrogen-bond acceptors (Lipinski definition) is 14. The summed E-state index contributed by atoms with van der Waals surface area (Å²) in [6.07, 6.45) is 23.1. The summed E-state index contributed by atoms with van der Waals surface area (Å²) in [4.78, 5) is 68.5. The van der Waals surface area contributed by atoms with Gasteiger partial charge in [-0.15, -0.1) is 0 Å². The van der Waals surface area contributed by atoms with Crippen LogP contribution in [0.2, 0.25) is 5.04 Å². The van der Waals surface area contributed by atoms with Crippen molar-refractivity contribution < 1.29 is 128 Å². The first-order chi connectivity index (χ1) is 64.4. The third-order valence-corrected chi connectivity index (χ3v) is 27.7. The number of benzene rings is 8. The van der Waals surface area contributed by atoms with Crippen LogP contribution in [0, 0.1) is 59.0 Å². The number of aromatic nitrogens is 12. The zero-order chi connectivity index (χ0) is 98.7. The molecule has 42 heteroatoms. The van der Waals surface area contributed by atoms with E-state index in [2.05, 4.69) is 150 Å². The van der Waals surface area contributed by atoms with E-state index in [-0.39, 0.29) is 157 Å². The van der Waals surface area contributed by atoms with Crippen molar-refractivity contribution in [2.45, 2.75) is 134 Å². The molecule has 15 rings (SSSR count). The average Bonchev–Trinajstić information content (AvgIpc) is 1.65. The van der Waals surface area contributed by atoms with Crippen molar-refractivity contribution in [1.82, 2.24) is 57.3 Å². The first kappa shape index (κ1) is 147. The zero-order valence-corrected chi connectivity index (χ0v) is 144. The molecular weight excluding hydrogens is 2230 g/mol. The summed E-state index contributed by atoms with van der Waals surface area (Å²) in [5.74, 6) is -0.399. The molecule has 2 N–H and O–H groups in total. The Morgan fingerprint density at radius 1 is 0.459 bits per heavy atom. The van der Waals surface area contributed by atoms with E-state index in [1.165, 1.54) is 576 Å². The molecule has 8 aromatic carbocycles. The van der Waals surface area contributed by atoms with E-state index >= 15 is 0 Å². The molecule has 14 aromatic rings. The van der Waals surface area contributed by atoms with Gasteiger partial charge in [0.1, 0.15) is 17.5 Å². The van der Waals surface area contributed by atoms with Gasteiger partial charge in [-0.3, -0.25) is 28.1 Å². The van der Waals surface area contributed by atoms with E-state index in [9.17, 15) is 32.7 Å². The molecule has 0 radical (unpaired) electrons. The second-order valence-electron chi connectivity index (χ2n) is 30.6. The van der Waals surface area contributed by atoms with E-state index in [1.807, 2.05) is 109 Å². The number of fused-ring (bicyclic) bond motifs is 1. The minimum atomic E-state index is -2.83. The molecule has 0 unspecified atom stereocenters. The van der Waals surface area contributed by atoms with E-state index < -0.39 is 20.4 Å². The van der Waals surface area contributed by atoms with E-state index in [4.69, 9.17) is 9.41 Å². The Morgan fingerprint density at radius 3 is 1.11 bits per heavy atom. The summed E-state index contributed by atoms with van der Waals surface area (Å²) in [7, 11) is -2.83. The van der Waals surface area contributed by atoms with Crippen LogP contribution in [0.15, 0.2) is 269 Å². The van der Waals surface area contributed by atoms with Crippen LogP contribution in [0.4, 0.5) is 19.1 Å². The van der Waals surface area contributed by atoms with Crippen LogP contribution in [-0.4, -0.2) is 608 Å². The van der Waals surface area contributed by atoms with Gasteiger partial charge in [0.15, 0.2) is 10.3 Å². The molecule has 3 atom stereocenters. The van der Waals surface area contributed by atoms with Crippen molar-refractivity contribution in [3.05, 3.63) is 377 Å². The van der Waals surface area contributed by atoms with Gasteiger partial charge in [-0.05, 0) is 193 Å². The molecule has 0 saturated carbocycles. The van der Waals surface area contributed by atoms with Gasteiger partial charge in [0.25, 0.3) is 25.0 Å². The van der Waals surface area contributed by atoms with Gasteiger partial charge in [-0.2, -0.15) is 0 Å². The Balaban J connectivity index is 0.000000968. The summed E-state index contributed by atoms with van der Waals surface area (Å²) in [6.45, 7) is 19.8. The molecule has 0 amide bonds. The summed E-state index contributed by atoms with van der Waals surface area (Å²) < 4.78 is 59.6.